The smallest absolute Gasteiger partial charge is 0.248 e. The number of ketones is 1. The van der Waals surface area contributed by atoms with Crippen molar-refractivity contribution in [1.29, 1.82) is 0 Å². The summed E-state index contributed by atoms with van der Waals surface area (Å²) in [5.74, 6) is -0.630. The topological polar surface area (TPSA) is 72.2 Å². The quantitative estimate of drug-likeness (QED) is 0.702. The lowest BCUT2D eigenvalue weighted by Crippen LogP contribution is -2.12. The second kappa shape index (κ2) is 3.91. The van der Waals surface area contributed by atoms with E-state index in [0.29, 0.717) is 16.8 Å². The molecule has 0 saturated carbocycles. The van der Waals surface area contributed by atoms with Crippen LogP contribution in [-0.2, 0) is 0 Å². The highest BCUT2D eigenvalue weighted by atomic mass is 16.1. The molecule has 0 saturated heterocycles. The Morgan fingerprint density at radius 3 is 2.21 bits per heavy atom. The van der Waals surface area contributed by atoms with Crippen LogP contribution in [0.4, 0.5) is 5.69 Å². The van der Waals surface area contributed by atoms with Gasteiger partial charge in [0.05, 0.1) is 0 Å². The molecule has 1 rings (SSSR count). The molecule has 0 aliphatic carbocycles. The first-order valence-corrected chi connectivity index (χ1v) is 4.18. The molecule has 1 amide bonds. The third-order valence-corrected chi connectivity index (χ3v) is 1.91. The van der Waals surface area contributed by atoms with Crippen molar-refractivity contribution >= 4 is 17.4 Å². The summed E-state index contributed by atoms with van der Waals surface area (Å²) in [7, 11) is 1.71. The largest absolute Gasteiger partial charge is 0.388 e. The number of amides is 1. The summed E-state index contributed by atoms with van der Waals surface area (Å²) in [6.45, 7) is 1.44. The van der Waals surface area contributed by atoms with Gasteiger partial charge in [-0.2, -0.15) is 0 Å². The Bertz CT molecular complexity index is 353. The van der Waals surface area contributed by atoms with E-state index in [1.54, 1.807) is 19.2 Å². The summed E-state index contributed by atoms with van der Waals surface area (Å²) in [5.41, 5.74) is 6.64. The molecule has 74 valence electrons. The Morgan fingerprint density at radius 1 is 1.21 bits per heavy atom. The normalized spacial score (nSPS) is 9.57. The maximum absolute atomic E-state index is 11.1. The summed E-state index contributed by atoms with van der Waals surface area (Å²) in [5, 5.41) is 2.86. The van der Waals surface area contributed by atoms with Crippen LogP contribution in [0, 0.1) is 0 Å². The summed E-state index contributed by atoms with van der Waals surface area (Å²) in [4.78, 5) is 22.0. The van der Waals surface area contributed by atoms with E-state index in [1.165, 1.54) is 13.0 Å². The van der Waals surface area contributed by atoms with Crippen molar-refractivity contribution < 1.29 is 9.59 Å². The molecule has 1 aromatic carbocycles. The Balaban J connectivity index is 3.27. The first-order chi connectivity index (χ1) is 6.54. The van der Waals surface area contributed by atoms with Gasteiger partial charge in [0, 0.05) is 23.9 Å². The number of primary amides is 1. The molecule has 0 aliphatic rings. The number of benzene rings is 1. The molecular formula is C10H12N2O2. The van der Waals surface area contributed by atoms with Gasteiger partial charge in [0.2, 0.25) is 5.91 Å². The average Bonchev–Trinajstić information content (AvgIpc) is 2.16. The Hall–Kier alpha value is -1.84. The van der Waals surface area contributed by atoms with E-state index < -0.39 is 5.91 Å². The second-order valence-corrected chi connectivity index (χ2v) is 2.97. The zero-order valence-corrected chi connectivity index (χ0v) is 8.13. The van der Waals surface area contributed by atoms with Crippen LogP contribution in [0.5, 0.6) is 0 Å². The molecule has 14 heavy (non-hydrogen) atoms. The molecule has 0 heterocycles. The first kappa shape index (κ1) is 10.2. The van der Waals surface area contributed by atoms with Gasteiger partial charge in [0.15, 0.2) is 5.78 Å². The SMILES string of the molecule is CNc1cc(C(C)=O)cc(C(N)=O)c1. The maximum atomic E-state index is 11.1. The van der Waals surface area contributed by atoms with Gasteiger partial charge in [0.1, 0.15) is 0 Å². The van der Waals surface area contributed by atoms with Gasteiger partial charge in [-0.25, -0.2) is 0 Å². The van der Waals surface area contributed by atoms with Crippen molar-refractivity contribution in [1.82, 2.24) is 0 Å². The molecule has 4 nitrogen and oxygen atoms in total. The molecule has 0 aromatic heterocycles. The van der Waals surface area contributed by atoms with Crippen molar-refractivity contribution in [2.45, 2.75) is 6.92 Å². The number of carbonyl (C=O) groups excluding carboxylic acids is 2. The van der Waals surface area contributed by atoms with Gasteiger partial charge in [-0.3, -0.25) is 9.59 Å². The lowest BCUT2D eigenvalue weighted by Gasteiger charge is -2.05. The minimum atomic E-state index is -0.537. The Labute approximate surface area is 82.1 Å². The van der Waals surface area contributed by atoms with Crippen molar-refractivity contribution in [3.05, 3.63) is 29.3 Å². The van der Waals surface area contributed by atoms with Crippen LogP contribution in [0.1, 0.15) is 27.6 Å². The minimum absolute atomic E-state index is 0.0930. The molecule has 3 N–H and O–H groups in total. The van der Waals surface area contributed by atoms with Crippen molar-refractivity contribution in [2.24, 2.45) is 5.73 Å². The fourth-order valence-corrected chi connectivity index (χ4v) is 1.12. The Kier molecular flexibility index (Phi) is 2.86. The highest BCUT2D eigenvalue weighted by Crippen LogP contribution is 2.14. The van der Waals surface area contributed by atoms with E-state index in [4.69, 9.17) is 5.73 Å². The molecule has 0 spiro atoms. The van der Waals surface area contributed by atoms with Crippen LogP contribution in [0.3, 0.4) is 0 Å². The van der Waals surface area contributed by atoms with Crippen LogP contribution < -0.4 is 11.1 Å². The standard InChI is InChI=1S/C10H12N2O2/c1-6(13)7-3-8(10(11)14)5-9(4-7)12-2/h3-5,12H,1-2H3,(H2,11,14). The van der Waals surface area contributed by atoms with Crippen LogP contribution in [0.2, 0.25) is 0 Å². The molecule has 4 heteroatoms. The van der Waals surface area contributed by atoms with Gasteiger partial charge in [0.25, 0.3) is 0 Å². The molecule has 0 atom stereocenters. The summed E-state index contributed by atoms with van der Waals surface area (Å²) in [6.07, 6.45) is 0. The number of carbonyl (C=O) groups is 2. The van der Waals surface area contributed by atoms with Gasteiger partial charge in [-0.05, 0) is 25.1 Å². The zero-order valence-electron chi connectivity index (χ0n) is 8.13. The van der Waals surface area contributed by atoms with Crippen LogP contribution in [0.15, 0.2) is 18.2 Å². The van der Waals surface area contributed by atoms with Gasteiger partial charge >= 0.3 is 0 Å². The monoisotopic (exact) mass is 192 g/mol. The third kappa shape index (κ3) is 2.10. The molecule has 0 bridgehead atoms. The van der Waals surface area contributed by atoms with E-state index in [9.17, 15) is 9.59 Å². The number of Topliss-reactive ketones (excluding diaryl/α,β-unsaturated/α-hetero) is 1. The fourth-order valence-electron chi connectivity index (χ4n) is 1.12. The number of hydrogen-bond acceptors (Lipinski definition) is 3. The maximum Gasteiger partial charge on any atom is 0.248 e. The molecular weight excluding hydrogens is 180 g/mol. The number of nitrogens with one attached hydrogen (secondary N) is 1. The third-order valence-electron chi connectivity index (χ3n) is 1.91. The zero-order chi connectivity index (χ0) is 10.7. The molecule has 0 unspecified atom stereocenters. The van der Waals surface area contributed by atoms with Crippen LogP contribution in [0.25, 0.3) is 0 Å². The molecule has 0 aliphatic heterocycles. The van der Waals surface area contributed by atoms with Crippen LogP contribution in [-0.4, -0.2) is 18.7 Å². The van der Waals surface area contributed by atoms with Gasteiger partial charge in [-0.15, -0.1) is 0 Å². The molecule has 1 aromatic rings. The van der Waals surface area contributed by atoms with E-state index >= 15 is 0 Å². The highest BCUT2D eigenvalue weighted by Gasteiger charge is 2.07. The van der Waals surface area contributed by atoms with E-state index in [-0.39, 0.29) is 5.78 Å². The number of rotatable bonds is 3. The number of anilines is 1. The lowest BCUT2D eigenvalue weighted by molar-refractivity contribution is 0.1000. The van der Waals surface area contributed by atoms with E-state index in [0.717, 1.165) is 0 Å². The van der Waals surface area contributed by atoms with E-state index in [1.807, 2.05) is 0 Å². The highest BCUT2D eigenvalue weighted by molar-refractivity contribution is 6.00. The first-order valence-electron chi connectivity index (χ1n) is 4.18. The molecule has 0 radical (unpaired) electrons. The predicted octanol–water partition coefficient (Wildman–Crippen LogP) is 1.03. The fraction of sp³-hybridized carbons (Fsp3) is 0.200. The summed E-state index contributed by atoms with van der Waals surface area (Å²) >= 11 is 0. The lowest BCUT2D eigenvalue weighted by atomic mass is 10.1. The molecule has 0 fully saturated rings. The van der Waals surface area contributed by atoms with Gasteiger partial charge < -0.3 is 11.1 Å². The summed E-state index contributed by atoms with van der Waals surface area (Å²) < 4.78 is 0. The number of nitrogens with two attached hydrogens (primary N) is 1. The Morgan fingerprint density at radius 2 is 1.79 bits per heavy atom. The van der Waals surface area contributed by atoms with Crippen molar-refractivity contribution in [2.75, 3.05) is 12.4 Å². The average molecular weight is 192 g/mol. The van der Waals surface area contributed by atoms with Crippen molar-refractivity contribution in [3.8, 4) is 0 Å². The number of hydrogen-bond donors (Lipinski definition) is 2. The van der Waals surface area contributed by atoms with Crippen molar-refractivity contribution in [3.63, 3.8) is 0 Å². The predicted molar refractivity (Wildman–Crippen MR) is 54.5 cm³/mol. The van der Waals surface area contributed by atoms with Crippen LogP contribution >= 0.6 is 0 Å². The van der Waals surface area contributed by atoms with E-state index in [2.05, 4.69) is 5.32 Å². The minimum Gasteiger partial charge on any atom is -0.388 e. The van der Waals surface area contributed by atoms with Gasteiger partial charge in [-0.1, -0.05) is 0 Å². The summed E-state index contributed by atoms with van der Waals surface area (Å²) in [6, 6.07) is 4.77. The second-order valence-electron chi connectivity index (χ2n) is 2.97.